The van der Waals surface area contributed by atoms with E-state index in [0.29, 0.717) is 18.2 Å². The fourth-order valence-electron chi connectivity index (χ4n) is 1.62. The number of hydrogen-bond acceptors (Lipinski definition) is 3. The molecule has 1 atom stereocenters. The predicted octanol–water partition coefficient (Wildman–Crippen LogP) is 3.11. The maximum atomic E-state index is 13.0. The van der Waals surface area contributed by atoms with Gasteiger partial charge in [0.05, 0.1) is 5.02 Å². The number of hydrogen-bond donors (Lipinski definition) is 1. The molecule has 0 bridgehead atoms. The molecule has 1 unspecified atom stereocenters. The van der Waals surface area contributed by atoms with Gasteiger partial charge in [0.1, 0.15) is 11.6 Å². The summed E-state index contributed by atoms with van der Waals surface area (Å²) in [5.74, 6) is 0.0645. The van der Waals surface area contributed by atoms with E-state index in [1.807, 2.05) is 13.8 Å². The van der Waals surface area contributed by atoms with Gasteiger partial charge in [-0.05, 0) is 24.5 Å². The first-order valence-corrected chi connectivity index (χ1v) is 7.26. The minimum absolute atomic E-state index is 0. The second kappa shape index (κ2) is 9.87. The Kier molecular flexibility index (Phi) is 9.41. The van der Waals surface area contributed by atoms with E-state index in [1.165, 1.54) is 18.2 Å². The summed E-state index contributed by atoms with van der Waals surface area (Å²) in [6.45, 7) is 4.56. The molecule has 0 fully saturated rings. The lowest BCUT2D eigenvalue weighted by atomic mass is 10.0. The van der Waals surface area contributed by atoms with Crippen LogP contribution in [0.2, 0.25) is 5.02 Å². The van der Waals surface area contributed by atoms with Gasteiger partial charge in [-0.3, -0.25) is 4.79 Å². The van der Waals surface area contributed by atoms with Crippen molar-refractivity contribution >= 4 is 29.9 Å². The van der Waals surface area contributed by atoms with Crippen molar-refractivity contribution < 1.29 is 13.9 Å². The smallest absolute Gasteiger partial charge is 0.260 e. The van der Waals surface area contributed by atoms with Gasteiger partial charge in [-0.2, -0.15) is 0 Å². The molecular weight excluding hydrogens is 330 g/mol. The van der Waals surface area contributed by atoms with Gasteiger partial charge in [-0.25, -0.2) is 4.39 Å². The van der Waals surface area contributed by atoms with E-state index in [1.54, 1.807) is 11.9 Å². The van der Waals surface area contributed by atoms with Crippen molar-refractivity contribution in [1.29, 1.82) is 0 Å². The number of amides is 1. The van der Waals surface area contributed by atoms with Crippen LogP contribution in [0.3, 0.4) is 0 Å². The van der Waals surface area contributed by atoms with E-state index in [9.17, 15) is 9.18 Å². The van der Waals surface area contributed by atoms with Crippen LogP contribution in [0.4, 0.5) is 4.39 Å². The minimum atomic E-state index is -0.518. The Hall–Kier alpha value is -1.04. The quantitative estimate of drug-likeness (QED) is 0.820. The number of likely N-dealkylation sites (N-methyl/N-ethyl adjacent to an activating group) is 1. The van der Waals surface area contributed by atoms with E-state index in [0.717, 1.165) is 6.42 Å². The summed E-state index contributed by atoms with van der Waals surface area (Å²) in [5, 5.41) is -0.0313. The van der Waals surface area contributed by atoms with Crippen LogP contribution >= 0.6 is 24.0 Å². The maximum Gasteiger partial charge on any atom is 0.260 e. The fourth-order valence-corrected chi connectivity index (χ4v) is 1.79. The molecule has 1 aromatic carbocycles. The Morgan fingerprint density at radius 1 is 1.45 bits per heavy atom. The molecule has 0 aliphatic rings. The van der Waals surface area contributed by atoms with Gasteiger partial charge in [0.25, 0.3) is 5.91 Å². The molecule has 4 nitrogen and oxygen atoms in total. The second-order valence-corrected chi connectivity index (χ2v) is 5.78. The lowest BCUT2D eigenvalue weighted by molar-refractivity contribution is -0.132. The Labute approximate surface area is 142 Å². The molecule has 1 rings (SSSR count). The third kappa shape index (κ3) is 6.81. The molecule has 0 heterocycles. The van der Waals surface area contributed by atoms with Crippen molar-refractivity contribution in [1.82, 2.24) is 4.90 Å². The molecule has 0 spiro atoms. The van der Waals surface area contributed by atoms with E-state index in [-0.39, 0.29) is 36.0 Å². The molecule has 0 aliphatic heterocycles. The first-order chi connectivity index (χ1) is 9.81. The van der Waals surface area contributed by atoms with Crippen LogP contribution in [0.5, 0.6) is 5.75 Å². The van der Waals surface area contributed by atoms with Gasteiger partial charge in [-0.1, -0.05) is 25.4 Å². The molecule has 1 aromatic rings. The minimum Gasteiger partial charge on any atom is -0.484 e. The molecule has 0 radical (unpaired) electrons. The van der Waals surface area contributed by atoms with Gasteiger partial charge in [0.2, 0.25) is 0 Å². The van der Waals surface area contributed by atoms with Gasteiger partial charge < -0.3 is 15.4 Å². The van der Waals surface area contributed by atoms with Crippen LogP contribution in [0, 0.1) is 11.7 Å². The Bertz CT molecular complexity index is 487. The topological polar surface area (TPSA) is 55.6 Å². The summed E-state index contributed by atoms with van der Waals surface area (Å²) in [6, 6.07) is 4.05. The number of nitrogens with two attached hydrogens (primary N) is 1. The van der Waals surface area contributed by atoms with Crippen LogP contribution in [0.25, 0.3) is 0 Å². The monoisotopic (exact) mass is 352 g/mol. The number of nitrogens with zero attached hydrogens (tertiary/aromatic N) is 1. The van der Waals surface area contributed by atoms with Gasteiger partial charge in [0, 0.05) is 25.7 Å². The molecular formula is C15H23Cl2FN2O2. The van der Waals surface area contributed by atoms with Crippen molar-refractivity contribution in [3.8, 4) is 5.75 Å². The molecule has 0 saturated carbocycles. The number of rotatable bonds is 7. The number of ether oxygens (including phenoxy) is 1. The Morgan fingerprint density at radius 2 is 2.09 bits per heavy atom. The lowest BCUT2D eigenvalue weighted by Gasteiger charge is -2.21. The van der Waals surface area contributed by atoms with Crippen LogP contribution < -0.4 is 10.5 Å². The average molecular weight is 353 g/mol. The molecule has 22 heavy (non-hydrogen) atoms. The van der Waals surface area contributed by atoms with Crippen LogP contribution in [0.15, 0.2) is 18.2 Å². The molecule has 126 valence electrons. The first-order valence-electron chi connectivity index (χ1n) is 6.88. The van der Waals surface area contributed by atoms with Crippen molar-refractivity contribution in [2.24, 2.45) is 11.7 Å². The summed E-state index contributed by atoms with van der Waals surface area (Å²) in [5.41, 5.74) is 5.94. The van der Waals surface area contributed by atoms with Crippen molar-refractivity contribution in [2.45, 2.75) is 26.3 Å². The van der Waals surface area contributed by atoms with Gasteiger partial charge in [-0.15, -0.1) is 12.4 Å². The Balaban J connectivity index is 0.00000441. The van der Waals surface area contributed by atoms with Crippen molar-refractivity contribution in [2.75, 3.05) is 20.2 Å². The largest absolute Gasteiger partial charge is 0.484 e. The molecule has 2 N–H and O–H groups in total. The first kappa shape index (κ1) is 21.0. The highest BCUT2D eigenvalue weighted by atomic mass is 35.5. The highest BCUT2D eigenvalue weighted by Crippen LogP contribution is 2.21. The zero-order valence-corrected chi connectivity index (χ0v) is 14.6. The number of carbonyl (C=O) groups is 1. The van der Waals surface area contributed by atoms with E-state index in [4.69, 9.17) is 22.1 Å². The lowest BCUT2D eigenvalue weighted by Crippen LogP contribution is -2.36. The fraction of sp³-hybridized carbons (Fsp3) is 0.533. The SMILES string of the molecule is CC(C)C(N)CCN(C)C(=O)COc1ccc(F)c(Cl)c1.Cl. The van der Waals surface area contributed by atoms with Crippen LogP contribution in [0.1, 0.15) is 20.3 Å². The number of benzene rings is 1. The molecule has 1 amide bonds. The summed E-state index contributed by atoms with van der Waals surface area (Å²) in [7, 11) is 1.70. The predicted molar refractivity (Wildman–Crippen MR) is 89.2 cm³/mol. The van der Waals surface area contributed by atoms with Crippen LogP contribution in [-0.4, -0.2) is 37.0 Å². The third-order valence-corrected chi connectivity index (χ3v) is 3.62. The molecule has 0 aliphatic carbocycles. The van der Waals surface area contributed by atoms with Crippen molar-refractivity contribution in [3.63, 3.8) is 0 Å². The molecule has 0 aromatic heterocycles. The molecule has 0 saturated heterocycles. The highest BCUT2D eigenvalue weighted by Gasteiger charge is 2.13. The highest BCUT2D eigenvalue weighted by molar-refractivity contribution is 6.30. The van der Waals surface area contributed by atoms with Crippen molar-refractivity contribution in [3.05, 3.63) is 29.0 Å². The summed E-state index contributed by atoms with van der Waals surface area (Å²) >= 11 is 5.64. The maximum absolute atomic E-state index is 13.0. The number of halogens is 3. The van der Waals surface area contributed by atoms with Crippen LogP contribution in [-0.2, 0) is 4.79 Å². The summed E-state index contributed by atoms with van der Waals surface area (Å²) in [6.07, 6.45) is 0.738. The van der Waals surface area contributed by atoms with E-state index < -0.39 is 5.82 Å². The summed E-state index contributed by atoms with van der Waals surface area (Å²) in [4.78, 5) is 13.5. The Morgan fingerprint density at radius 3 is 2.64 bits per heavy atom. The molecule has 7 heteroatoms. The standard InChI is InChI=1S/C15H22ClFN2O2.ClH/c1-10(2)14(18)6-7-19(3)15(20)9-21-11-4-5-13(17)12(16)8-11;/h4-5,8,10,14H,6-7,9,18H2,1-3H3;1H. The number of carbonyl (C=O) groups excluding carboxylic acids is 1. The van der Waals surface area contributed by atoms with E-state index in [2.05, 4.69) is 0 Å². The normalized spacial score (nSPS) is 11.8. The average Bonchev–Trinajstić information content (AvgIpc) is 2.44. The second-order valence-electron chi connectivity index (χ2n) is 5.38. The third-order valence-electron chi connectivity index (χ3n) is 3.33. The van der Waals surface area contributed by atoms with Gasteiger partial charge in [0.15, 0.2) is 6.61 Å². The summed E-state index contributed by atoms with van der Waals surface area (Å²) < 4.78 is 18.3. The van der Waals surface area contributed by atoms with Gasteiger partial charge >= 0.3 is 0 Å². The zero-order chi connectivity index (χ0) is 16.0. The zero-order valence-electron chi connectivity index (χ0n) is 13.0. The van der Waals surface area contributed by atoms with E-state index >= 15 is 0 Å².